The van der Waals surface area contributed by atoms with Crippen molar-refractivity contribution in [2.24, 2.45) is 13.0 Å². The van der Waals surface area contributed by atoms with E-state index in [-0.39, 0.29) is 5.69 Å². The zero-order valence-electron chi connectivity index (χ0n) is 10.4. The molecule has 0 spiro atoms. The third-order valence-corrected chi connectivity index (χ3v) is 2.83. The van der Waals surface area contributed by atoms with Gasteiger partial charge in [0.05, 0.1) is 5.69 Å². The van der Waals surface area contributed by atoms with E-state index >= 15 is 0 Å². The van der Waals surface area contributed by atoms with E-state index in [0.29, 0.717) is 5.92 Å². The lowest BCUT2D eigenvalue weighted by Gasteiger charge is -2.06. The Kier molecular flexibility index (Phi) is 4.10. The SMILES string of the molecule is Cc1nc(C(=O)O)c(CCCC(C)C)n1C. The van der Waals surface area contributed by atoms with Gasteiger partial charge in [-0.05, 0) is 25.7 Å². The normalized spacial score (nSPS) is 11.1. The second-order valence-electron chi connectivity index (χ2n) is 4.60. The smallest absolute Gasteiger partial charge is 0.356 e. The summed E-state index contributed by atoms with van der Waals surface area (Å²) in [6.45, 7) is 6.18. The molecular formula is C12H20N2O2. The minimum Gasteiger partial charge on any atom is -0.476 e. The van der Waals surface area contributed by atoms with E-state index in [1.54, 1.807) is 0 Å². The average molecular weight is 224 g/mol. The topological polar surface area (TPSA) is 55.1 Å². The minimum absolute atomic E-state index is 0.212. The average Bonchev–Trinajstić information content (AvgIpc) is 2.45. The van der Waals surface area contributed by atoms with E-state index < -0.39 is 5.97 Å². The Morgan fingerprint density at radius 3 is 2.62 bits per heavy atom. The predicted molar refractivity (Wildman–Crippen MR) is 62.7 cm³/mol. The number of nitrogens with zero attached hydrogens (tertiary/aromatic N) is 2. The summed E-state index contributed by atoms with van der Waals surface area (Å²) in [6.07, 6.45) is 2.91. The Labute approximate surface area is 96.3 Å². The predicted octanol–water partition coefficient (Wildman–Crippen LogP) is 2.41. The molecule has 0 aliphatic carbocycles. The molecule has 1 heterocycles. The van der Waals surface area contributed by atoms with Crippen molar-refractivity contribution in [2.45, 2.75) is 40.0 Å². The molecule has 0 fully saturated rings. The molecule has 0 amide bonds. The van der Waals surface area contributed by atoms with Crippen molar-refractivity contribution in [2.75, 3.05) is 0 Å². The van der Waals surface area contributed by atoms with E-state index in [9.17, 15) is 4.79 Å². The van der Waals surface area contributed by atoms with E-state index in [1.807, 2.05) is 18.5 Å². The van der Waals surface area contributed by atoms with Crippen LogP contribution in [0.2, 0.25) is 0 Å². The molecule has 16 heavy (non-hydrogen) atoms. The Balaban J connectivity index is 2.81. The first-order valence-corrected chi connectivity index (χ1v) is 5.69. The first-order valence-electron chi connectivity index (χ1n) is 5.69. The molecule has 0 aromatic carbocycles. The summed E-state index contributed by atoms with van der Waals surface area (Å²) in [5, 5.41) is 9.04. The van der Waals surface area contributed by atoms with E-state index in [4.69, 9.17) is 5.11 Å². The van der Waals surface area contributed by atoms with Crippen molar-refractivity contribution in [3.05, 3.63) is 17.2 Å². The summed E-state index contributed by atoms with van der Waals surface area (Å²) >= 11 is 0. The highest BCUT2D eigenvalue weighted by atomic mass is 16.4. The van der Waals surface area contributed by atoms with Crippen molar-refractivity contribution < 1.29 is 9.90 Å². The molecule has 90 valence electrons. The molecule has 1 rings (SSSR count). The van der Waals surface area contributed by atoms with Crippen molar-refractivity contribution >= 4 is 5.97 Å². The number of aromatic nitrogens is 2. The number of aryl methyl sites for hydroxylation is 1. The largest absolute Gasteiger partial charge is 0.476 e. The van der Waals surface area contributed by atoms with Crippen molar-refractivity contribution in [1.82, 2.24) is 9.55 Å². The van der Waals surface area contributed by atoms with Gasteiger partial charge in [0, 0.05) is 7.05 Å². The van der Waals surface area contributed by atoms with Gasteiger partial charge in [0.15, 0.2) is 5.69 Å². The second-order valence-corrected chi connectivity index (χ2v) is 4.60. The lowest BCUT2D eigenvalue weighted by Crippen LogP contribution is -2.06. The van der Waals surface area contributed by atoms with Crippen LogP contribution in [-0.2, 0) is 13.5 Å². The second kappa shape index (κ2) is 5.14. The highest BCUT2D eigenvalue weighted by molar-refractivity contribution is 5.86. The van der Waals surface area contributed by atoms with Gasteiger partial charge in [-0.1, -0.05) is 20.3 Å². The van der Waals surface area contributed by atoms with Gasteiger partial charge in [0.1, 0.15) is 5.82 Å². The van der Waals surface area contributed by atoms with Crippen LogP contribution in [0.15, 0.2) is 0 Å². The van der Waals surface area contributed by atoms with Crippen molar-refractivity contribution in [3.8, 4) is 0 Å². The molecule has 4 nitrogen and oxygen atoms in total. The van der Waals surface area contributed by atoms with Crippen LogP contribution in [-0.4, -0.2) is 20.6 Å². The maximum atomic E-state index is 11.0. The van der Waals surface area contributed by atoms with Crippen LogP contribution in [0, 0.1) is 12.8 Å². The van der Waals surface area contributed by atoms with E-state index in [1.165, 1.54) is 0 Å². The number of aromatic carboxylic acids is 1. The summed E-state index contributed by atoms with van der Waals surface area (Å²) < 4.78 is 1.88. The van der Waals surface area contributed by atoms with Crippen LogP contribution in [0.3, 0.4) is 0 Å². The first kappa shape index (κ1) is 12.7. The molecule has 0 radical (unpaired) electrons. The Morgan fingerprint density at radius 2 is 2.12 bits per heavy atom. The molecule has 0 aliphatic heterocycles. The Hall–Kier alpha value is -1.32. The summed E-state index contributed by atoms with van der Waals surface area (Å²) in [4.78, 5) is 15.1. The molecule has 0 atom stereocenters. The third-order valence-electron chi connectivity index (χ3n) is 2.83. The molecule has 1 aromatic heterocycles. The van der Waals surface area contributed by atoms with Crippen LogP contribution < -0.4 is 0 Å². The van der Waals surface area contributed by atoms with Gasteiger partial charge in [-0.25, -0.2) is 9.78 Å². The van der Waals surface area contributed by atoms with Gasteiger partial charge in [0.25, 0.3) is 0 Å². The number of carbonyl (C=O) groups is 1. The van der Waals surface area contributed by atoms with Crippen LogP contribution in [0.4, 0.5) is 0 Å². The maximum Gasteiger partial charge on any atom is 0.356 e. The van der Waals surface area contributed by atoms with Gasteiger partial charge >= 0.3 is 5.97 Å². The number of hydrogen-bond donors (Lipinski definition) is 1. The first-order chi connectivity index (χ1) is 7.43. The quantitative estimate of drug-likeness (QED) is 0.835. The van der Waals surface area contributed by atoms with Crippen molar-refractivity contribution in [3.63, 3.8) is 0 Å². The third kappa shape index (κ3) is 2.84. The summed E-state index contributed by atoms with van der Waals surface area (Å²) in [5.74, 6) is 0.489. The van der Waals surface area contributed by atoms with Gasteiger partial charge in [0.2, 0.25) is 0 Å². The standard InChI is InChI=1S/C12H20N2O2/c1-8(2)6-5-7-10-11(12(15)16)13-9(3)14(10)4/h8H,5-7H2,1-4H3,(H,15,16). The van der Waals surface area contributed by atoms with Gasteiger partial charge in [-0.15, -0.1) is 0 Å². The van der Waals surface area contributed by atoms with Gasteiger partial charge in [-0.2, -0.15) is 0 Å². The highest BCUT2D eigenvalue weighted by Gasteiger charge is 2.17. The maximum absolute atomic E-state index is 11.0. The highest BCUT2D eigenvalue weighted by Crippen LogP contribution is 2.15. The zero-order valence-corrected chi connectivity index (χ0v) is 10.4. The zero-order chi connectivity index (χ0) is 12.3. The Bertz CT molecular complexity index is 381. The number of carboxylic acids is 1. The molecule has 0 saturated heterocycles. The lowest BCUT2D eigenvalue weighted by atomic mass is 10.0. The van der Waals surface area contributed by atoms with Crippen molar-refractivity contribution in [1.29, 1.82) is 0 Å². The molecule has 1 aromatic rings. The minimum atomic E-state index is -0.928. The molecule has 4 heteroatoms. The van der Waals surface area contributed by atoms with E-state index in [2.05, 4.69) is 18.8 Å². The van der Waals surface area contributed by atoms with E-state index in [0.717, 1.165) is 30.8 Å². The molecule has 0 bridgehead atoms. The molecule has 1 N–H and O–H groups in total. The number of imidazole rings is 1. The fourth-order valence-electron chi connectivity index (χ4n) is 1.79. The molecule has 0 saturated carbocycles. The fraction of sp³-hybridized carbons (Fsp3) is 0.667. The monoisotopic (exact) mass is 224 g/mol. The summed E-state index contributed by atoms with van der Waals surface area (Å²) in [7, 11) is 1.87. The summed E-state index contributed by atoms with van der Waals surface area (Å²) in [5.41, 5.74) is 1.05. The molecular weight excluding hydrogens is 204 g/mol. The fourth-order valence-corrected chi connectivity index (χ4v) is 1.79. The van der Waals surface area contributed by atoms with Crippen LogP contribution in [0.1, 0.15) is 48.7 Å². The summed E-state index contributed by atoms with van der Waals surface area (Å²) in [6, 6.07) is 0. The number of rotatable bonds is 5. The van der Waals surface area contributed by atoms with Crippen LogP contribution >= 0.6 is 0 Å². The molecule has 0 aliphatic rings. The number of carboxylic acid groups (broad SMARTS) is 1. The van der Waals surface area contributed by atoms with Gasteiger partial charge in [-0.3, -0.25) is 0 Å². The molecule has 0 unspecified atom stereocenters. The van der Waals surface area contributed by atoms with Crippen LogP contribution in [0.5, 0.6) is 0 Å². The van der Waals surface area contributed by atoms with Crippen LogP contribution in [0.25, 0.3) is 0 Å². The van der Waals surface area contributed by atoms with Gasteiger partial charge < -0.3 is 9.67 Å². The Morgan fingerprint density at radius 1 is 1.50 bits per heavy atom. The lowest BCUT2D eigenvalue weighted by molar-refractivity contribution is 0.0689. The number of hydrogen-bond acceptors (Lipinski definition) is 2.